The van der Waals surface area contributed by atoms with Gasteiger partial charge in [-0.25, -0.2) is 4.98 Å². The van der Waals surface area contributed by atoms with E-state index in [2.05, 4.69) is 15.3 Å². The Bertz CT molecular complexity index is 413. The maximum atomic E-state index is 6.02. The third kappa shape index (κ3) is 4.19. The number of nitrogens with one attached hydrogen (secondary N) is 1. The number of anilines is 1. The number of methoxy groups -OCH3 is 1. The van der Waals surface area contributed by atoms with Gasteiger partial charge in [0, 0.05) is 12.6 Å². The van der Waals surface area contributed by atoms with Crippen LogP contribution in [0.5, 0.6) is 6.01 Å². The van der Waals surface area contributed by atoms with Crippen molar-refractivity contribution in [1.82, 2.24) is 9.97 Å². The zero-order valence-corrected chi connectivity index (χ0v) is 11.8. The summed E-state index contributed by atoms with van der Waals surface area (Å²) in [4.78, 5) is 8.07. The molecule has 0 spiro atoms. The Labute approximate surface area is 117 Å². The van der Waals surface area contributed by atoms with Gasteiger partial charge in [-0.3, -0.25) is 0 Å². The van der Waals surface area contributed by atoms with Gasteiger partial charge in [-0.05, 0) is 13.3 Å². The quantitative estimate of drug-likeness (QED) is 0.860. The molecule has 19 heavy (non-hydrogen) atoms. The van der Waals surface area contributed by atoms with Crippen LogP contribution in [0.4, 0.5) is 5.82 Å². The Morgan fingerprint density at radius 1 is 1.63 bits per heavy atom. The van der Waals surface area contributed by atoms with Crippen LogP contribution in [0.3, 0.4) is 0 Å². The molecule has 2 unspecified atom stereocenters. The number of halogens is 1. The zero-order chi connectivity index (χ0) is 13.7. The van der Waals surface area contributed by atoms with Crippen molar-refractivity contribution in [1.29, 1.82) is 0 Å². The van der Waals surface area contributed by atoms with Gasteiger partial charge in [0.25, 0.3) is 0 Å². The normalized spacial score (nSPS) is 20.3. The molecule has 2 heterocycles. The first-order valence-corrected chi connectivity index (χ1v) is 6.59. The van der Waals surface area contributed by atoms with E-state index in [0.29, 0.717) is 24.1 Å². The molecule has 6 nitrogen and oxygen atoms in total. The topological polar surface area (TPSA) is 65.5 Å². The van der Waals surface area contributed by atoms with Gasteiger partial charge in [0.1, 0.15) is 5.02 Å². The van der Waals surface area contributed by atoms with Crippen molar-refractivity contribution in [3.8, 4) is 6.01 Å². The average molecular weight is 288 g/mol. The highest BCUT2D eigenvalue weighted by Crippen LogP contribution is 2.21. The van der Waals surface area contributed by atoms with Crippen molar-refractivity contribution >= 4 is 17.4 Å². The number of aromatic nitrogens is 2. The van der Waals surface area contributed by atoms with E-state index in [0.717, 1.165) is 13.0 Å². The van der Waals surface area contributed by atoms with Crippen LogP contribution in [0.25, 0.3) is 0 Å². The maximum absolute atomic E-state index is 6.02. The Morgan fingerprint density at radius 2 is 2.47 bits per heavy atom. The summed E-state index contributed by atoms with van der Waals surface area (Å²) in [6.07, 6.45) is 2.66. The van der Waals surface area contributed by atoms with Gasteiger partial charge in [0.2, 0.25) is 0 Å². The lowest BCUT2D eigenvalue weighted by Gasteiger charge is -2.18. The molecule has 1 aliphatic heterocycles. The van der Waals surface area contributed by atoms with Gasteiger partial charge in [0.15, 0.2) is 5.82 Å². The van der Waals surface area contributed by atoms with Crippen molar-refractivity contribution in [2.45, 2.75) is 25.5 Å². The van der Waals surface area contributed by atoms with E-state index in [4.69, 9.17) is 25.8 Å². The number of ether oxygens (including phenoxy) is 3. The fraction of sp³-hybridized carbons (Fsp3) is 0.667. The fourth-order valence-electron chi connectivity index (χ4n) is 1.75. The summed E-state index contributed by atoms with van der Waals surface area (Å²) in [6.45, 7) is 4.02. The predicted octanol–water partition coefficient (Wildman–Crippen LogP) is 1.74. The molecule has 1 saturated heterocycles. The summed E-state index contributed by atoms with van der Waals surface area (Å²) in [5.41, 5.74) is 0. The average Bonchev–Trinajstić information content (AvgIpc) is 2.92. The lowest BCUT2D eigenvalue weighted by atomic mass is 10.3. The lowest BCUT2D eigenvalue weighted by Crippen LogP contribution is -2.26. The summed E-state index contributed by atoms with van der Waals surface area (Å²) < 4.78 is 15.9. The molecule has 1 aromatic heterocycles. The van der Waals surface area contributed by atoms with Crippen molar-refractivity contribution in [3.63, 3.8) is 0 Å². The van der Waals surface area contributed by atoms with Gasteiger partial charge < -0.3 is 19.5 Å². The molecule has 0 radical (unpaired) electrons. The fourth-order valence-corrected chi connectivity index (χ4v) is 1.90. The van der Waals surface area contributed by atoms with Crippen molar-refractivity contribution < 1.29 is 14.2 Å². The van der Waals surface area contributed by atoms with E-state index in [1.165, 1.54) is 13.3 Å². The lowest BCUT2D eigenvalue weighted by molar-refractivity contribution is 0.0395. The van der Waals surface area contributed by atoms with Crippen LogP contribution in [0.1, 0.15) is 13.3 Å². The second-order valence-corrected chi connectivity index (χ2v) is 4.82. The highest BCUT2D eigenvalue weighted by atomic mass is 35.5. The maximum Gasteiger partial charge on any atom is 0.318 e. The molecule has 1 aliphatic rings. The summed E-state index contributed by atoms with van der Waals surface area (Å²) in [5, 5.41) is 3.64. The second kappa shape index (κ2) is 6.88. The third-order valence-corrected chi connectivity index (χ3v) is 3.03. The number of nitrogens with zero attached hydrogens (tertiary/aromatic N) is 2. The number of hydrogen-bond acceptors (Lipinski definition) is 6. The summed E-state index contributed by atoms with van der Waals surface area (Å²) in [7, 11) is 1.51. The van der Waals surface area contributed by atoms with Gasteiger partial charge in [-0.2, -0.15) is 4.98 Å². The molecule has 2 rings (SSSR count). The number of rotatable bonds is 6. The molecule has 106 valence electrons. The Kier molecular flexibility index (Phi) is 5.18. The molecule has 0 amide bonds. The van der Waals surface area contributed by atoms with Crippen molar-refractivity contribution in [2.75, 3.05) is 32.2 Å². The zero-order valence-electron chi connectivity index (χ0n) is 11.1. The minimum absolute atomic E-state index is 0.0812. The van der Waals surface area contributed by atoms with E-state index in [1.807, 2.05) is 6.92 Å². The SMILES string of the molecule is COc1ncc(Cl)c(NC(C)COC2CCOC2)n1. The standard InChI is InChI=1S/C12H18ClN3O3/c1-8(6-19-9-3-4-18-7-9)15-11-10(13)5-14-12(16-11)17-2/h5,8-9H,3-4,6-7H2,1-2H3,(H,14,15,16). The van der Waals surface area contributed by atoms with Crippen molar-refractivity contribution in [3.05, 3.63) is 11.2 Å². The van der Waals surface area contributed by atoms with E-state index in [-0.39, 0.29) is 18.2 Å². The monoisotopic (exact) mass is 287 g/mol. The smallest absolute Gasteiger partial charge is 0.318 e. The van der Waals surface area contributed by atoms with Gasteiger partial charge in [-0.15, -0.1) is 0 Å². The van der Waals surface area contributed by atoms with E-state index < -0.39 is 0 Å². The summed E-state index contributed by atoms with van der Waals surface area (Å²) in [5.74, 6) is 0.548. The molecule has 0 aliphatic carbocycles. The van der Waals surface area contributed by atoms with Crippen LogP contribution in [-0.2, 0) is 9.47 Å². The molecular formula is C12H18ClN3O3. The van der Waals surface area contributed by atoms with Crippen molar-refractivity contribution in [2.24, 2.45) is 0 Å². The minimum Gasteiger partial charge on any atom is -0.467 e. The molecule has 1 N–H and O–H groups in total. The summed E-state index contributed by atoms with van der Waals surface area (Å²) >= 11 is 6.02. The molecule has 2 atom stereocenters. The molecule has 7 heteroatoms. The highest BCUT2D eigenvalue weighted by Gasteiger charge is 2.17. The molecule has 1 aromatic rings. The van der Waals surface area contributed by atoms with Crippen LogP contribution in [0.15, 0.2) is 6.20 Å². The largest absolute Gasteiger partial charge is 0.467 e. The van der Waals surface area contributed by atoms with E-state index in [1.54, 1.807) is 0 Å². The molecule has 0 aromatic carbocycles. The van der Waals surface area contributed by atoms with Crippen LogP contribution in [0, 0.1) is 0 Å². The van der Waals surface area contributed by atoms with Crippen LogP contribution < -0.4 is 10.1 Å². The van der Waals surface area contributed by atoms with Gasteiger partial charge >= 0.3 is 6.01 Å². The first kappa shape index (κ1) is 14.3. The molecule has 1 fully saturated rings. The third-order valence-electron chi connectivity index (χ3n) is 2.76. The predicted molar refractivity (Wildman–Crippen MR) is 71.9 cm³/mol. The molecular weight excluding hydrogens is 270 g/mol. The van der Waals surface area contributed by atoms with Gasteiger partial charge in [0.05, 0.1) is 32.6 Å². The van der Waals surface area contributed by atoms with E-state index >= 15 is 0 Å². The van der Waals surface area contributed by atoms with Crippen LogP contribution in [0.2, 0.25) is 5.02 Å². The molecule has 0 saturated carbocycles. The Balaban J connectivity index is 1.85. The van der Waals surface area contributed by atoms with Crippen LogP contribution >= 0.6 is 11.6 Å². The minimum atomic E-state index is 0.0812. The first-order valence-electron chi connectivity index (χ1n) is 6.21. The van der Waals surface area contributed by atoms with Gasteiger partial charge in [-0.1, -0.05) is 11.6 Å². The highest BCUT2D eigenvalue weighted by molar-refractivity contribution is 6.32. The Hall–Kier alpha value is -1.11. The number of hydrogen-bond donors (Lipinski definition) is 1. The van der Waals surface area contributed by atoms with E-state index in [9.17, 15) is 0 Å². The molecule has 0 bridgehead atoms. The summed E-state index contributed by atoms with van der Waals surface area (Å²) in [6, 6.07) is 0.363. The second-order valence-electron chi connectivity index (χ2n) is 4.42. The first-order chi connectivity index (χ1) is 9.19. The van der Waals surface area contributed by atoms with Crippen LogP contribution in [-0.4, -0.2) is 49.0 Å². The Morgan fingerprint density at radius 3 is 3.16 bits per heavy atom.